The molecule has 2 aromatic rings. The van der Waals surface area contributed by atoms with Crippen molar-refractivity contribution in [1.82, 2.24) is 5.32 Å². The minimum Gasteiger partial charge on any atom is -0.469 e. The van der Waals surface area contributed by atoms with Crippen molar-refractivity contribution >= 4 is 17.2 Å². The zero-order valence-electron chi connectivity index (χ0n) is 12.0. The lowest BCUT2D eigenvalue weighted by atomic mass is 9.74. The van der Waals surface area contributed by atoms with E-state index >= 15 is 0 Å². The van der Waals surface area contributed by atoms with Crippen LogP contribution in [0.5, 0.6) is 0 Å². The second-order valence-corrected chi connectivity index (χ2v) is 7.25. The van der Waals surface area contributed by atoms with Crippen LogP contribution in [0.4, 0.5) is 0 Å². The van der Waals surface area contributed by atoms with E-state index in [2.05, 4.69) is 19.2 Å². The Kier molecular flexibility index (Phi) is 3.21. The van der Waals surface area contributed by atoms with Gasteiger partial charge in [-0.15, -0.1) is 11.3 Å². The number of aryl methyl sites for hydroxylation is 1. The van der Waals surface area contributed by atoms with Crippen molar-refractivity contribution in [3.05, 3.63) is 45.5 Å². The minimum atomic E-state index is 0.00856. The Balaban J connectivity index is 1.89. The molecule has 2 heterocycles. The average Bonchev–Trinajstić information content (AvgIpc) is 2.97. The van der Waals surface area contributed by atoms with E-state index < -0.39 is 0 Å². The van der Waals surface area contributed by atoms with Crippen molar-refractivity contribution in [2.75, 3.05) is 0 Å². The molecule has 3 nitrogen and oxygen atoms in total. The first-order valence-corrected chi connectivity index (χ1v) is 7.75. The van der Waals surface area contributed by atoms with Gasteiger partial charge in [0.05, 0.1) is 17.2 Å². The highest BCUT2D eigenvalue weighted by molar-refractivity contribution is 7.12. The molecule has 1 atom stereocenters. The number of rotatable bonds is 2. The summed E-state index contributed by atoms with van der Waals surface area (Å²) in [6.07, 6.45) is 3.68. The molecule has 4 heteroatoms. The van der Waals surface area contributed by atoms with Gasteiger partial charge in [-0.2, -0.15) is 0 Å². The van der Waals surface area contributed by atoms with E-state index in [0.29, 0.717) is 0 Å². The summed E-state index contributed by atoms with van der Waals surface area (Å²) in [6.45, 7) is 6.49. The van der Waals surface area contributed by atoms with E-state index in [0.717, 1.165) is 29.0 Å². The van der Waals surface area contributed by atoms with Crippen LogP contribution in [0.1, 0.15) is 52.9 Å². The fourth-order valence-electron chi connectivity index (χ4n) is 3.03. The molecule has 1 unspecified atom stereocenters. The molecule has 0 aromatic carbocycles. The number of nitrogens with one attached hydrogen (secondary N) is 1. The molecule has 0 radical (unpaired) electrons. The molecule has 0 bridgehead atoms. The van der Waals surface area contributed by atoms with Crippen LogP contribution in [-0.2, 0) is 6.42 Å². The number of fused-ring (bicyclic) bond motifs is 1. The second-order valence-electron chi connectivity index (χ2n) is 6.30. The Morgan fingerprint density at radius 3 is 3.00 bits per heavy atom. The quantitative estimate of drug-likeness (QED) is 0.904. The first kappa shape index (κ1) is 13.4. The van der Waals surface area contributed by atoms with E-state index in [1.165, 1.54) is 16.9 Å². The van der Waals surface area contributed by atoms with Crippen LogP contribution in [0.15, 0.2) is 28.2 Å². The maximum absolute atomic E-state index is 12.3. The van der Waals surface area contributed by atoms with E-state index in [9.17, 15) is 4.79 Å². The van der Waals surface area contributed by atoms with Gasteiger partial charge in [0.15, 0.2) is 0 Å². The van der Waals surface area contributed by atoms with Crippen molar-refractivity contribution in [3.63, 3.8) is 0 Å². The van der Waals surface area contributed by atoms with Crippen LogP contribution >= 0.6 is 11.3 Å². The maximum Gasteiger partial charge on any atom is 0.261 e. The fourth-order valence-corrected chi connectivity index (χ4v) is 3.66. The van der Waals surface area contributed by atoms with E-state index in [1.54, 1.807) is 6.26 Å². The van der Waals surface area contributed by atoms with Gasteiger partial charge < -0.3 is 9.73 Å². The molecule has 0 fully saturated rings. The lowest BCUT2D eigenvalue weighted by Gasteiger charge is -2.35. The van der Waals surface area contributed by atoms with Gasteiger partial charge in [0, 0.05) is 12.0 Å². The molecule has 20 heavy (non-hydrogen) atoms. The third-order valence-electron chi connectivity index (χ3n) is 3.90. The van der Waals surface area contributed by atoms with Crippen LogP contribution in [0.3, 0.4) is 0 Å². The number of thiophene rings is 1. The minimum absolute atomic E-state index is 0.00856. The largest absolute Gasteiger partial charge is 0.469 e. The van der Waals surface area contributed by atoms with E-state index in [1.807, 2.05) is 24.4 Å². The summed E-state index contributed by atoms with van der Waals surface area (Å²) < 4.78 is 5.68. The zero-order chi connectivity index (χ0) is 14.3. The molecule has 0 aliphatic heterocycles. The van der Waals surface area contributed by atoms with Gasteiger partial charge in [-0.25, -0.2) is 0 Å². The lowest BCUT2D eigenvalue weighted by molar-refractivity contribution is 0.0921. The van der Waals surface area contributed by atoms with Gasteiger partial charge in [0.2, 0.25) is 0 Å². The Bertz CT molecular complexity index is 625. The molecule has 1 aliphatic carbocycles. The molecule has 0 saturated heterocycles. The van der Waals surface area contributed by atoms with Crippen LogP contribution in [0.25, 0.3) is 0 Å². The first-order chi connectivity index (χ1) is 9.46. The molecule has 2 aromatic heterocycles. The van der Waals surface area contributed by atoms with Crippen LogP contribution in [0, 0.1) is 12.3 Å². The molecular formula is C16H19NO2S. The molecule has 1 aliphatic rings. The number of furan rings is 1. The SMILES string of the molecule is Cc1coc2c1C(NC(=O)c1cccs1)CC(C)(C)C2. The molecule has 0 spiro atoms. The highest BCUT2D eigenvalue weighted by Gasteiger charge is 2.36. The Morgan fingerprint density at radius 2 is 2.30 bits per heavy atom. The van der Waals surface area contributed by atoms with Gasteiger partial charge in [0.1, 0.15) is 5.76 Å². The molecule has 106 valence electrons. The normalized spacial score (nSPS) is 20.4. The van der Waals surface area contributed by atoms with Crippen molar-refractivity contribution in [3.8, 4) is 0 Å². The third-order valence-corrected chi connectivity index (χ3v) is 4.77. The van der Waals surface area contributed by atoms with Gasteiger partial charge in [-0.3, -0.25) is 4.79 Å². The summed E-state index contributed by atoms with van der Waals surface area (Å²) in [4.78, 5) is 13.1. The molecule has 0 saturated carbocycles. The summed E-state index contributed by atoms with van der Waals surface area (Å²) in [6, 6.07) is 3.80. The van der Waals surface area contributed by atoms with Gasteiger partial charge in [-0.1, -0.05) is 19.9 Å². The van der Waals surface area contributed by atoms with Crippen molar-refractivity contribution in [1.29, 1.82) is 0 Å². The topological polar surface area (TPSA) is 42.2 Å². The third kappa shape index (κ3) is 2.40. The Hall–Kier alpha value is -1.55. The highest BCUT2D eigenvalue weighted by atomic mass is 32.1. The number of hydrogen-bond acceptors (Lipinski definition) is 3. The summed E-state index contributed by atoms with van der Waals surface area (Å²) in [5, 5.41) is 5.10. The predicted octanol–water partition coefficient (Wildman–Crippen LogP) is 4.09. The van der Waals surface area contributed by atoms with E-state index in [-0.39, 0.29) is 17.4 Å². The average molecular weight is 289 g/mol. The number of carbonyl (C=O) groups excluding carboxylic acids is 1. The maximum atomic E-state index is 12.3. The zero-order valence-corrected chi connectivity index (χ0v) is 12.8. The smallest absolute Gasteiger partial charge is 0.261 e. The number of carbonyl (C=O) groups is 1. The molecule has 1 N–H and O–H groups in total. The molecular weight excluding hydrogens is 270 g/mol. The van der Waals surface area contributed by atoms with Gasteiger partial charge >= 0.3 is 0 Å². The van der Waals surface area contributed by atoms with Crippen molar-refractivity contribution in [2.24, 2.45) is 5.41 Å². The predicted molar refractivity (Wildman–Crippen MR) is 80.1 cm³/mol. The monoisotopic (exact) mass is 289 g/mol. The summed E-state index contributed by atoms with van der Waals surface area (Å²) >= 11 is 1.47. The van der Waals surface area contributed by atoms with Crippen LogP contribution in [-0.4, -0.2) is 5.91 Å². The lowest BCUT2D eigenvalue weighted by Crippen LogP contribution is -2.36. The Morgan fingerprint density at radius 1 is 1.50 bits per heavy atom. The first-order valence-electron chi connectivity index (χ1n) is 6.87. The Labute approximate surface area is 123 Å². The van der Waals surface area contributed by atoms with Crippen LogP contribution < -0.4 is 5.32 Å². The molecule has 3 rings (SSSR count). The van der Waals surface area contributed by atoms with Crippen molar-refractivity contribution < 1.29 is 9.21 Å². The van der Waals surface area contributed by atoms with Crippen molar-refractivity contribution in [2.45, 2.75) is 39.7 Å². The van der Waals surface area contributed by atoms with Gasteiger partial charge in [-0.05, 0) is 35.8 Å². The fraction of sp³-hybridized carbons (Fsp3) is 0.438. The summed E-state index contributed by atoms with van der Waals surface area (Å²) in [5.74, 6) is 1.03. The number of amides is 1. The molecule has 1 amide bonds. The van der Waals surface area contributed by atoms with Crippen LogP contribution in [0.2, 0.25) is 0 Å². The highest BCUT2D eigenvalue weighted by Crippen LogP contribution is 2.42. The second kappa shape index (κ2) is 4.77. The summed E-state index contributed by atoms with van der Waals surface area (Å²) in [7, 11) is 0. The van der Waals surface area contributed by atoms with E-state index in [4.69, 9.17) is 4.42 Å². The van der Waals surface area contributed by atoms with Gasteiger partial charge in [0.25, 0.3) is 5.91 Å². The number of hydrogen-bond donors (Lipinski definition) is 1. The summed E-state index contributed by atoms with van der Waals surface area (Å²) in [5.41, 5.74) is 2.45. The standard InChI is InChI=1S/C16H19NO2S/c1-10-9-19-12-8-16(2,3)7-11(14(10)12)17-15(18)13-5-4-6-20-13/h4-6,9,11H,7-8H2,1-3H3,(H,17,18).